The van der Waals surface area contributed by atoms with Crippen LogP contribution in [0, 0.1) is 5.41 Å². The lowest BCUT2D eigenvalue weighted by Gasteiger charge is -2.24. The van der Waals surface area contributed by atoms with Crippen LogP contribution in [-0.4, -0.2) is 26.2 Å². The lowest BCUT2D eigenvalue weighted by atomic mass is 9.89. The van der Waals surface area contributed by atoms with Crippen LogP contribution >= 0.6 is 15.9 Å². The Balaban J connectivity index is 2.45. The summed E-state index contributed by atoms with van der Waals surface area (Å²) in [5, 5.41) is 2.89. The van der Waals surface area contributed by atoms with Crippen molar-refractivity contribution in [1.82, 2.24) is 5.32 Å². The highest BCUT2D eigenvalue weighted by molar-refractivity contribution is 9.10. The van der Waals surface area contributed by atoms with Gasteiger partial charge in [0.1, 0.15) is 0 Å². The standard InChI is InChI=1S/C12H18BrNO3/c1-12(2,5-7-16-3)8-14-11(15)9-4-6-17-10(9)13/h4,6H,5,7-8H2,1-3H3,(H,14,15). The van der Waals surface area contributed by atoms with Crippen molar-refractivity contribution in [1.29, 1.82) is 0 Å². The molecule has 0 spiro atoms. The first-order valence-corrected chi connectivity index (χ1v) is 6.26. The van der Waals surface area contributed by atoms with Gasteiger partial charge in [0.2, 0.25) is 0 Å². The molecule has 17 heavy (non-hydrogen) atoms. The fraction of sp³-hybridized carbons (Fsp3) is 0.583. The molecule has 0 saturated heterocycles. The molecule has 1 aromatic rings. The quantitative estimate of drug-likeness (QED) is 0.879. The third-order valence-electron chi connectivity index (χ3n) is 2.57. The summed E-state index contributed by atoms with van der Waals surface area (Å²) in [5.74, 6) is -0.129. The van der Waals surface area contributed by atoms with Crippen LogP contribution < -0.4 is 5.32 Å². The highest BCUT2D eigenvalue weighted by atomic mass is 79.9. The molecule has 4 nitrogen and oxygen atoms in total. The van der Waals surface area contributed by atoms with Gasteiger partial charge in [0.05, 0.1) is 11.8 Å². The maximum absolute atomic E-state index is 11.8. The third-order valence-corrected chi connectivity index (χ3v) is 3.19. The van der Waals surface area contributed by atoms with Crippen LogP contribution in [0.3, 0.4) is 0 Å². The second-order valence-corrected chi connectivity index (χ2v) is 5.42. The monoisotopic (exact) mass is 303 g/mol. The van der Waals surface area contributed by atoms with Crippen molar-refractivity contribution in [2.45, 2.75) is 20.3 Å². The predicted molar refractivity (Wildman–Crippen MR) is 69.0 cm³/mol. The number of furan rings is 1. The molecule has 5 heteroatoms. The van der Waals surface area contributed by atoms with Crippen molar-refractivity contribution in [3.63, 3.8) is 0 Å². The summed E-state index contributed by atoms with van der Waals surface area (Å²) in [5.41, 5.74) is 0.537. The highest BCUT2D eigenvalue weighted by Crippen LogP contribution is 2.20. The van der Waals surface area contributed by atoms with Crippen molar-refractivity contribution in [3.8, 4) is 0 Å². The van der Waals surface area contributed by atoms with Crippen LogP contribution in [0.4, 0.5) is 0 Å². The summed E-state index contributed by atoms with van der Waals surface area (Å²) < 4.78 is 10.5. The number of amides is 1. The van der Waals surface area contributed by atoms with Crippen molar-refractivity contribution in [2.75, 3.05) is 20.3 Å². The van der Waals surface area contributed by atoms with E-state index in [2.05, 4.69) is 35.1 Å². The van der Waals surface area contributed by atoms with Crippen LogP contribution in [0.5, 0.6) is 0 Å². The van der Waals surface area contributed by atoms with Crippen LogP contribution in [0.2, 0.25) is 0 Å². The van der Waals surface area contributed by atoms with E-state index in [9.17, 15) is 4.79 Å². The van der Waals surface area contributed by atoms with E-state index in [-0.39, 0.29) is 11.3 Å². The van der Waals surface area contributed by atoms with Crippen LogP contribution in [0.1, 0.15) is 30.6 Å². The van der Waals surface area contributed by atoms with Crippen LogP contribution in [0.25, 0.3) is 0 Å². The zero-order valence-electron chi connectivity index (χ0n) is 10.4. The van der Waals surface area contributed by atoms with Gasteiger partial charge in [0.25, 0.3) is 5.91 Å². The largest absolute Gasteiger partial charge is 0.457 e. The van der Waals surface area contributed by atoms with E-state index in [1.165, 1.54) is 6.26 Å². The van der Waals surface area contributed by atoms with E-state index in [0.717, 1.165) is 6.42 Å². The number of hydrogen-bond acceptors (Lipinski definition) is 3. The van der Waals surface area contributed by atoms with Gasteiger partial charge < -0.3 is 14.5 Å². The second kappa shape index (κ2) is 6.21. The summed E-state index contributed by atoms with van der Waals surface area (Å²) in [6.07, 6.45) is 2.38. The summed E-state index contributed by atoms with van der Waals surface area (Å²) in [6.45, 7) is 5.48. The summed E-state index contributed by atoms with van der Waals surface area (Å²) >= 11 is 3.18. The third kappa shape index (κ3) is 4.52. The zero-order chi connectivity index (χ0) is 12.9. The van der Waals surface area contributed by atoms with Crippen molar-refractivity contribution < 1.29 is 13.9 Å². The van der Waals surface area contributed by atoms with Gasteiger partial charge in [-0.05, 0) is 33.8 Å². The summed E-state index contributed by atoms with van der Waals surface area (Å²) in [6, 6.07) is 1.64. The Morgan fingerprint density at radius 2 is 2.29 bits per heavy atom. The number of ether oxygens (including phenoxy) is 1. The Morgan fingerprint density at radius 1 is 1.59 bits per heavy atom. The number of carbonyl (C=O) groups is 1. The van der Waals surface area contributed by atoms with Gasteiger partial charge in [0.15, 0.2) is 4.67 Å². The van der Waals surface area contributed by atoms with Crippen LogP contribution in [-0.2, 0) is 4.74 Å². The van der Waals surface area contributed by atoms with Gasteiger partial charge in [-0.3, -0.25) is 4.79 Å². The number of rotatable bonds is 6. The fourth-order valence-corrected chi connectivity index (χ4v) is 1.76. The fourth-order valence-electron chi connectivity index (χ4n) is 1.34. The number of nitrogens with one attached hydrogen (secondary N) is 1. The Labute approximate surface area is 110 Å². The lowest BCUT2D eigenvalue weighted by molar-refractivity contribution is 0.0919. The molecule has 0 aromatic carbocycles. The number of halogens is 1. The molecular formula is C12H18BrNO3. The zero-order valence-corrected chi connectivity index (χ0v) is 12.0. The molecule has 1 N–H and O–H groups in total. The lowest BCUT2D eigenvalue weighted by Crippen LogP contribution is -2.34. The molecule has 1 heterocycles. The Bertz CT molecular complexity index is 374. The van der Waals surface area contributed by atoms with Gasteiger partial charge in [0, 0.05) is 20.3 Å². The molecule has 0 aliphatic heterocycles. The Morgan fingerprint density at radius 3 is 2.82 bits per heavy atom. The first-order valence-electron chi connectivity index (χ1n) is 5.46. The number of methoxy groups -OCH3 is 1. The molecule has 0 fully saturated rings. The Kier molecular flexibility index (Phi) is 5.21. The minimum atomic E-state index is -0.129. The molecule has 0 aliphatic rings. The molecular weight excluding hydrogens is 286 g/mol. The molecule has 0 radical (unpaired) electrons. The molecule has 0 bridgehead atoms. The molecule has 0 saturated carbocycles. The van der Waals surface area contributed by atoms with E-state index >= 15 is 0 Å². The first kappa shape index (κ1) is 14.3. The van der Waals surface area contributed by atoms with Crippen molar-refractivity contribution in [3.05, 3.63) is 22.6 Å². The topological polar surface area (TPSA) is 51.5 Å². The average Bonchev–Trinajstić information content (AvgIpc) is 2.70. The first-order chi connectivity index (χ1) is 7.96. The van der Waals surface area contributed by atoms with Gasteiger partial charge in [-0.25, -0.2) is 0 Å². The molecule has 0 aliphatic carbocycles. The van der Waals surface area contributed by atoms with E-state index in [4.69, 9.17) is 9.15 Å². The smallest absolute Gasteiger partial charge is 0.255 e. The predicted octanol–water partition coefficient (Wildman–Crippen LogP) is 2.83. The maximum atomic E-state index is 11.8. The van der Waals surface area contributed by atoms with E-state index < -0.39 is 0 Å². The number of hydrogen-bond donors (Lipinski definition) is 1. The van der Waals surface area contributed by atoms with Gasteiger partial charge >= 0.3 is 0 Å². The van der Waals surface area contributed by atoms with E-state index in [1.807, 2.05) is 0 Å². The van der Waals surface area contributed by atoms with Crippen LogP contribution in [0.15, 0.2) is 21.4 Å². The highest BCUT2D eigenvalue weighted by Gasteiger charge is 2.20. The van der Waals surface area contributed by atoms with Crippen molar-refractivity contribution >= 4 is 21.8 Å². The van der Waals surface area contributed by atoms with E-state index in [0.29, 0.717) is 23.4 Å². The summed E-state index contributed by atoms with van der Waals surface area (Å²) in [4.78, 5) is 11.8. The van der Waals surface area contributed by atoms with Crippen molar-refractivity contribution in [2.24, 2.45) is 5.41 Å². The number of carbonyl (C=O) groups excluding carboxylic acids is 1. The summed E-state index contributed by atoms with van der Waals surface area (Å²) in [7, 11) is 1.68. The maximum Gasteiger partial charge on any atom is 0.255 e. The normalized spacial score (nSPS) is 11.5. The van der Waals surface area contributed by atoms with Gasteiger partial charge in [-0.2, -0.15) is 0 Å². The minimum absolute atomic E-state index is 0.0158. The van der Waals surface area contributed by atoms with Gasteiger partial charge in [-0.1, -0.05) is 13.8 Å². The molecule has 1 amide bonds. The van der Waals surface area contributed by atoms with Gasteiger partial charge in [-0.15, -0.1) is 0 Å². The molecule has 0 atom stereocenters. The minimum Gasteiger partial charge on any atom is -0.457 e. The molecule has 96 valence electrons. The van der Waals surface area contributed by atoms with E-state index in [1.54, 1.807) is 13.2 Å². The molecule has 0 unspecified atom stereocenters. The Hall–Kier alpha value is -0.810. The SMILES string of the molecule is COCCC(C)(C)CNC(=O)c1ccoc1Br. The molecule has 1 aromatic heterocycles. The average molecular weight is 304 g/mol. The second-order valence-electron chi connectivity index (χ2n) is 4.70. The molecule has 1 rings (SSSR count).